The van der Waals surface area contributed by atoms with Gasteiger partial charge in [0.1, 0.15) is 6.54 Å². The van der Waals surface area contributed by atoms with E-state index in [-0.39, 0.29) is 31.0 Å². The second-order valence-corrected chi connectivity index (χ2v) is 3.70. The molecule has 0 spiro atoms. The maximum Gasteiger partial charge on any atom is 0.242 e. The quantitative estimate of drug-likeness (QED) is 0.683. The fourth-order valence-electron chi connectivity index (χ4n) is 1.14. The van der Waals surface area contributed by atoms with E-state index >= 15 is 0 Å². The molecule has 1 heterocycles. The second-order valence-electron chi connectivity index (χ2n) is 3.70. The largest absolute Gasteiger partial charge is 0.394 e. The van der Waals surface area contributed by atoms with Gasteiger partial charge >= 0.3 is 0 Å². The van der Waals surface area contributed by atoms with Crippen molar-refractivity contribution in [2.45, 2.75) is 26.4 Å². The van der Waals surface area contributed by atoms with Gasteiger partial charge < -0.3 is 10.4 Å². The van der Waals surface area contributed by atoms with Crippen LogP contribution in [-0.4, -0.2) is 38.7 Å². The number of hydrogen-bond donors (Lipinski definition) is 2. The monoisotopic (exact) mass is 212 g/mol. The summed E-state index contributed by atoms with van der Waals surface area (Å²) in [6, 6.07) is -0.207. The molecular weight excluding hydrogens is 196 g/mol. The number of carbonyl (C=O) groups is 1. The van der Waals surface area contributed by atoms with Crippen molar-refractivity contribution in [1.29, 1.82) is 0 Å². The predicted molar refractivity (Wildman–Crippen MR) is 53.9 cm³/mol. The number of aliphatic hydroxyl groups excluding tert-OH is 1. The molecule has 1 atom stereocenters. The first kappa shape index (κ1) is 11.6. The van der Waals surface area contributed by atoms with Crippen LogP contribution in [-0.2, 0) is 11.3 Å². The van der Waals surface area contributed by atoms with E-state index in [1.165, 1.54) is 10.9 Å². The Morgan fingerprint density at radius 3 is 2.80 bits per heavy atom. The van der Waals surface area contributed by atoms with Gasteiger partial charge in [-0.15, -0.1) is 5.10 Å². The minimum absolute atomic E-state index is 0.0548. The smallest absolute Gasteiger partial charge is 0.242 e. The van der Waals surface area contributed by atoms with Crippen LogP contribution in [0.5, 0.6) is 0 Å². The van der Waals surface area contributed by atoms with Gasteiger partial charge in [0.05, 0.1) is 18.8 Å². The molecule has 15 heavy (non-hydrogen) atoms. The highest BCUT2D eigenvalue weighted by Gasteiger charge is 2.15. The molecule has 0 aliphatic rings. The van der Waals surface area contributed by atoms with Gasteiger partial charge in [0.25, 0.3) is 0 Å². The van der Waals surface area contributed by atoms with Gasteiger partial charge in [0, 0.05) is 6.20 Å². The van der Waals surface area contributed by atoms with Crippen LogP contribution in [0, 0.1) is 5.92 Å². The fourth-order valence-corrected chi connectivity index (χ4v) is 1.14. The number of nitrogens with one attached hydrogen (secondary N) is 1. The lowest BCUT2D eigenvalue weighted by atomic mass is 10.1. The molecule has 0 fully saturated rings. The third kappa shape index (κ3) is 3.67. The number of nitrogens with zero attached hydrogens (tertiary/aromatic N) is 3. The Hall–Kier alpha value is -1.43. The van der Waals surface area contributed by atoms with E-state index in [4.69, 9.17) is 5.11 Å². The highest BCUT2D eigenvalue weighted by molar-refractivity contribution is 5.75. The Balaban J connectivity index is 2.41. The highest BCUT2D eigenvalue weighted by Crippen LogP contribution is 2.00. The topological polar surface area (TPSA) is 80.0 Å². The van der Waals surface area contributed by atoms with Crippen LogP contribution < -0.4 is 5.32 Å². The molecule has 2 N–H and O–H groups in total. The third-order valence-electron chi connectivity index (χ3n) is 2.13. The van der Waals surface area contributed by atoms with E-state index in [9.17, 15) is 4.79 Å². The Labute approximate surface area is 88.3 Å². The molecular formula is C9H16N4O2. The van der Waals surface area contributed by atoms with Crippen molar-refractivity contribution in [2.24, 2.45) is 5.92 Å². The van der Waals surface area contributed by atoms with Gasteiger partial charge in [-0.05, 0) is 5.92 Å². The summed E-state index contributed by atoms with van der Waals surface area (Å²) in [4.78, 5) is 11.5. The molecule has 84 valence electrons. The summed E-state index contributed by atoms with van der Waals surface area (Å²) in [5.41, 5.74) is 0. The zero-order valence-corrected chi connectivity index (χ0v) is 8.92. The summed E-state index contributed by atoms with van der Waals surface area (Å²) < 4.78 is 1.43. The molecule has 1 aromatic rings. The molecule has 0 aromatic carbocycles. The molecule has 0 saturated heterocycles. The molecule has 0 radical (unpaired) electrons. The van der Waals surface area contributed by atoms with Crippen LogP contribution >= 0.6 is 0 Å². The Morgan fingerprint density at radius 2 is 2.33 bits per heavy atom. The van der Waals surface area contributed by atoms with E-state index in [2.05, 4.69) is 15.6 Å². The molecule has 1 rings (SSSR count). The summed E-state index contributed by atoms with van der Waals surface area (Å²) >= 11 is 0. The normalized spacial score (nSPS) is 12.8. The summed E-state index contributed by atoms with van der Waals surface area (Å²) in [5, 5.41) is 19.0. The Bertz CT molecular complexity index is 297. The average Bonchev–Trinajstić information content (AvgIpc) is 2.66. The molecule has 1 aromatic heterocycles. The lowest BCUT2D eigenvalue weighted by Gasteiger charge is -2.19. The van der Waals surface area contributed by atoms with Crippen LogP contribution in [0.3, 0.4) is 0 Å². The van der Waals surface area contributed by atoms with Crippen LogP contribution in [0.25, 0.3) is 0 Å². The lowest BCUT2D eigenvalue weighted by molar-refractivity contribution is -0.123. The van der Waals surface area contributed by atoms with Crippen molar-refractivity contribution < 1.29 is 9.90 Å². The predicted octanol–water partition coefficient (Wildman–Crippen LogP) is -0.589. The number of carbonyl (C=O) groups excluding carboxylic acids is 1. The van der Waals surface area contributed by atoms with Crippen LogP contribution in [0.2, 0.25) is 0 Å². The van der Waals surface area contributed by atoms with Crippen molar-refractivity contribution in [1.82, 2.24) is 20.3 Å². The van der Waals surface area contributed by atoms with Gasteiger partial charge in [-0.2, -0.15) is 0 Å². The minimum atomic E-state index is -0.207. The van der Waals surface area contributed by atoms with E-state index < -0.39 is 0 Å². The molecule has 0 bridgehead atoms. The van der Waals surface area contributed by atoms with Gasteiger partial charge in [-0.3, -0.25) is 4.79 Å². The first-order valence-electron chi connectivity index (χ1n) is 4.87. The van der Waals surface area contributed by atoms with Crippen molar-refractivity contribution in [3.05, 3.63) is 12.4 Å². The summed E-state index contributed by atoms with van der Waals surface area (Å²) in [6.07, 6.45) is 3.13. The maximum absolute atomic E-state index is 11.5. The molecule has 1 amide bonds. The van der Waals surface area contributed by atoms with E-state index in [0.717, 1.165) is 0 Å². The molecule has 0 saturated carbocycles. The molecule has 6 heteroatoms. The average molecular weight is 212 g/mol. The summed E-state index contributed by atoms with van der Waals surface area (Å²) in [6.45, 7) is 3.96. The van der Waals surface area contributed by atoms with Gasteiger partial charge in [0.15, 0.2) is 0 Å². The number of hydrogen-bond acceptors (Lipinski definition) is 4. The van der Waals surface area contributed by atoms with Crippen LogP contribution in [0.1, 0.15) is 13.8 Å². The van der Waals surface area contributed by atoms with Crippen LogP contribution in [0.4, 0.5) is 0 Å². The molecule has 6 nitrogen and oxygen atoms in total. The highest BCUT2D eigenvalue weighted by atomic mass is 16.3. The van der Waals surface area contributed by atoms with Gasteiger partial charge in [-0.25, -0.2) is 4.68 Å². The van der Waals surface area contributed by atoms with Crippen molar-refractivity contribution in [2.75, 3.05) is 6.61 Å². The molecule has 0 unspecified atom stereocenters. The Morgan fingerprint density at radius 1 is 1.60 bits per heavy atom. The van der Waals surface area contributed by atoms with Crippen LogP contribution in [0.15, 0.2) is 12.4 Å². The first-order valence-corrected chi connectivity index (χ1v) is 4.87. The van der Waals surface area contributed by atoms with Crippen molar-refractivity contribution in [3.8, 4) is 0 Å². The third-order valence-corrected chi connectivity index (χ3v) is 2.13. The zero-order valence-electron chi connectivity index (χ0n) is 8.92. The SMILES string of the molecule is CC(C)[C@@H](CO)NC(=O)Cn1ccnn1. The Kier molecular flexibility index (Phi) is 4.23. The lowest BCUT2D eigenvalue weighted by Crippen LogP contribution is -2.42. The number of aromatic nitrogens is 3. The van der Waals surface area contributed by atoms with Gasteiger partial charge in [0.2, 0.25) is 5.91 Å². The fraction of sp³-hybridized carbons (Fsp3) is 0.667. The van der Waals surface area contributed by atoms with Crippen molar-refractivity contribution in [3.63, 3.8) is 0 Å². The summed E-state index contributed by atoms with van der Waals surface area (Å²) in [7, 11) is 0. The summed E-state index contributed by atoms with van der Waals surface area (Å²) in [5.74, 6) is 0.0305. The first-order chi connectivity index (χ1) is 7.13. The van der Waals surface area contributed by atoms with E-state index in [1.54, 1.807) is 6.20 Å². The number of rotatable bonds is 5. The second kappa shape index (κ2) is 5.45. The number of aliphatic hydroxyl groups is 1. The number of amides is 1. The van der Waals surface area contributed by atoms with E-state index in [1.807, 2.05) is 13.8 Å². The van der Waals surface area contributed by atoms with E-state index in [0.29, 0.717) is 0 Å². The minimum Gasteiger partial charge on any atom is -0.394 e. The van der Waals surface area contributed by atoms with Crippen molar-refractivity contribution >= 4 is 5.91 Å². The molecule has 0 aliphatic heterocycles. The van der Waals surface area contributed by atoms with Gasteiger partial charge in [-0.1, -0.05) is 19.1 Å². The standard InChI is InChI=1S/C9H16N4O2/c1-7(2)8(6-14)11-9(15)5-13-4-3-10-12-13/h3-4,7-8,14H,5-6H2,1-2H3,(H,11,15)/t8-/m1/s1. The zero-order chi connectivity index (χ0) is 11.3. The molecule has 0 aliphatic carbocycles. The maximum atomic E-state index is 11.5.